The number of ether oxygens (including phenoxy) is 1. The largest absolute Gasteiger partial charge is 0.486 e. The second kappa shape index (κ2) is 11.0. The fourth-order valence-electron chi connectivity index (χ4n) is 2.94. The Labute approximate surface area is 178 Å². The Morgan fingerprint density at radius 1 is 1.10 bits per heavy atom. The highest BCUT2D eigenvalue weighted by atomic mass is 35.5. The van der Waals surface area contributed by atoms with Crippen molar-refractivity contribution in [3.63, 3.8) is 0 Å². The van der Waals surface area contributed by atoms with Gasteiger partial charge in [0.05, 0.1) is 0 Å². The van der Waals surface area contributed by atoms with Crippen LogP contribution in [-0.4, -0.2) is 46.7 Å². The van der Waals surface area contributed by atoms with Crippen LogP contribution in [0.4, 0.5) is 9.93 Å². The summed E-state index contributed by atoms with van der Waals surface area (Å²) in [6.07, 6.45) is 4.77. The predicted molar refractivity (Wildman–Crippen MR) is 112 cm³/mol. The Bertz CT molecular complexity index is 806. The van der Waals surface area contributed by atoms with Gasteiger partial charge in [-0.3, -0.25) is 10.1 Å². The van der Waals surface area contributed by atoms with E-state index in [2.05, 4.69) is 20.8 Å². The first kappa shape index (κ1) is 21.3. The van der Waals surface area contributed by atoms with E-state index in [1.807, 2.05) is 4.90 Å². The first-order valence-electron chi connectivity index (χ1n) is 9.63. The molecule has 0 saturated carbocycles. The van der Waals surface area contributed by atoms with E-state index in [1.54, 1.807) is 24.3 Å². The van der Waals surface area contributed by atoms with E-state index < -0.39 is 6.03 Å². The Kier molecular flexibility index (Phi) is 8.06. The van der Waals surface area contributed by atoms with Crippen molar-refractivity contribution in [3.8, 4) is 5.75 Å². The van der Waals surface area contributed by atoms with Crippen LogP contribution < -0.4 is 15.4 Å². The van der Waals surface area contributed by atoms with Crippen LogP contribution in [0.25, 0.3) is 0 Å². The zero-order chi connectivity index (χ0) is 20.5. The molecule has 156 valence electrons. The quantitative estimate of drug-likeness (QED) is 0.688. The number of hydrogen-bond acceptors (Lipinski definition) is 6. The second-order valence-corrected chi connectivity index (χ2v) is 8.17. The highest BCUT2D eigenvalue weighted by molar-refractivity contribution is 7.15. The molecular weight excluding hydrogens is 414 g/mol. The molecule has 2 heterocycles. The lowest BCUT2D eigenvalue weighted by Gasteiger charge is -2.20. The SMILES string of the molecule is O=C(NCCC(=O)N1CCCCCC1)Nc1nnc(COc2ccc(Cl)cc2)s1. The standard InChI is InChI=1S/C19H24ClN5O3S/c20-14-5-7-15(8-6-14)28-13-16-23-24-19(29-16)22-18(27)21-10-9-17(26)25-11-3-1-2-4-12-25/h5-8H,1-4,9-13H2,(H2,21,22,24,27). The number of amides is 3. The molecule has 0 atom stereocenters. The van der Waals surface area contributed by atoms with Crippen molar-refractivity contribution < 1.29 is 14.3 Å². The van der Waals surface area contributed by atoms with Gasteiger partial charge in [0, 0.05) is 31.1 Å². The van der Waals surface area contributed by atoms with E-state index in [1.165, 1.54) is 24.2 Å². The molecule has 3 amide bonds. The second-order valence-electron chi connectivity index (χ2n) is 6.67. The third-order valence-electron chi connectivity index (χ3n) is 4.45. The summed E-state index contributed by atoms with van der Waals surface area (Å²) in [5.41, 5.74) is 0. The molecule has 8 nitrogen and oxygen atoms in total. The van der Waals surface area contributed by atoms with Gasteiger partial charge in [-0.05, 0) is 37.1 Å². The molecule has 29 heavy (non-hydrogen) atoms. The van der Waals surface area contributed by atoms with Crippen molar-refractivity contribution >= 4 is 40.0 Å². The summed E-state index contributed by atoms with van der Waals surface area (Å²) in [6.45, 7) is 2.16. The van der Waals surface area contributed by atoms with Gasteiger partial charge in [-0.1, -0.05) is 35.8 Å². The number of nitrogens with one attached hydrogen (secondary N) is 2. The van der Waals surface area contributed by atoms with Crippen molar-refractivity contribution in [1.29, 1.82) is 0 Å². The lowest BCUT2D eigenvalue weighted by molar-refractivity contribution is -0.131. The summed E-state index contributed by atoms with van der Waals surface area (Å²) in [5, 5.41) is 14.9. The van der Waals surface area contributed by atoms with Crippen molar-refractivity contribution in [3.05, 3.63) is 34.3 Å². The molecule has 10 heteroatoms. The van der Waals surface area contributed by atoms with E-state index in [0.29, 0.717) is 27.3 Å². The summed E-state index contributed by atoms with van der Waals surface area (Å²) < 4.78 is 5.60. The number of likely N-dealkylation sites (tertiary alicyclic amines) is 1. The zero-order valence-corrected chi connectivity index (χ0v) is 17.6. The molecule has 0 bridgehead atoms. The minimum Gasteiger partial charge on any atom is -0.486 e. The van der Waals surface area contributed by atoms with Crippen LogP contribution in [0.1, 0.15) is 37.1 Å². The molecule has 3 rings (SSSR count). The third-order valence-corrected chi connectivity index (χ3v) is 5.51. The maximum Gasteiger partial charge on any atom is 0.321 e. The van der Waals surface area contributed by atoms with Gasteiger partial charge in [0.1, 0.15) is 12.4 Å². The van der Waals surface area contributed by atoms with Crippen molar-refractivity contribution in [2.75, 3.05) is 25.0 Å². The van der Waals surface area contributed by atoms with Crippen LogP contribution in [0, 0.1) is 0 Å². The Morgan fingerprint density at radius 2 is 1.83 bits per heavy atom. The number of halogens is 1. The monoisotopic (exact) mass is 437 g/mol. The molecule has 2 aromatic rings. The highest BCUT2D eigenvalue weighted by Gasteiger charge is 2.15. The first-order chi connectivity index (χ1) is 14.1. The molecule has 1 aliphatic rings. The zero-order valence-electron chi connectivity index (χ0n) is 16.0. The smallest absolute Gasteiger partial charge is 0.321 e. The molecule has 0 radical (unpaired) electrons. The molecular formula is C19H24ClN5O3S. The fourth-order valence-corrected chi connectivity index (χ4v) is 3.71. The number of urea groups is 1. The maximum absolute atomic E-state index is 12.2. The van der Waals surface area contributed by atoms with Gasteiger partial charge in [0.25, 0.3) is 0 Å². The summed E-state index contributed by atoms with van der Waals surface area (Å²) in [7, 11) is 0. The molecule has 0 spiro atoms. The normalized spacial score (nSPS) is 14.2. The van der Waals surface area contributed by atoms with Gasteiger partial charge in [0.15, 0.2) is 5.01 Å². The first-order valence-corrected chi connectivity index (χ1v) is 10.8. The number of benzene rings is 1. The van der Waals surface area contributed by atoms with Gasteiger partial charge >= 0.3 is 6.03 Å². The molecule has 1 saturated heterocycles. The molecule has 0 unspecified atom stereocenters. The van der Waals surface area contributed by atoms with Crippen molar-refractivity contribution in [2.45, 2.75) is 38.7 Å². The minimum atomic E-state index is -0.407. The third kappa shape index (κ3) is 7.17. The Balaban J connectivity index is 1.36. The van der Waals surface area contributed by atoms with Gasteiger partial charge in [-0.25, -0.2) is 4.79 Å². The van der Waals surface area contributed by atoms with E-state index in [9.17, 15) is 9.59 Å². The number of rotatable bonds is 7. The molecule has 1 aliphatic heterocycles. The van der Waals surface area contributed by atoms with E-state index >= 15 is 0 Å². The van der Waals surface area contributed by atoms with Gasteiger partial charge in [-0.2, -0.15) is 0 Å². The Morgan fingerprint density at radius 3 is 2.55 bits per heavy atom. The van der Waals surface area contributed by atoms with Gasteiger partial charge < -0.3 is 15.0 Å². The minimum absolute atomic E-state index is 0.0877. The maximum atomic E-state index is 12.2. The average Bonchev–Trinajstić information content (AvgIpc) is 2.98. The number of aromatic nitrogens is 2. The predicted octanol–water partition coefficient (Wildman–Crippen LogP) is 3.68. The van der Waals surface area contributed by atoms with Crippen LogP contribution in [0.5, 0.6) is 5.75 Å². The van der Waals surface area contributed by atoms with E-state index in [-0.39, 0.29) is 19.1 Å². The molecule has 1 aromatic heterocycles. The van der Waals surface area contributed by atoms with Crippen molar-refractivity contribution in [2.24, 2.45) is 0 Å². The molecule has 0 aliphatic carbocycles. The molecule has 2 N–H and O–H groups in total. The van der Waals surface area contributed by atoms with Crippen LogP contribution in [0.2, 0.25) is 5.02 Å². The fraction of sp³-hybridized carbons (Fsp3) is 0.474. The number of carbonyl (C=O) groups is 2. The van der Waals surface area contributed by atoms with E-state index in [0.717, 1.165) is 25.9 Å². The number of hydrogen-bond donors (Lipinski definition) is 2. The summed E-state index contributed by atoms with van der Waals surface area (Å²) in [5.74, 6) is 0.760. The lowest BCUT2D eigenvalue weighted by Crippen LogP contribution is -2.36. The topological polar surface area (TPSA) is 96.5 Å². The number of nitrogens with zero attached hydrogens (tertiary/aromatic N) is 3. The average molecular weight is 438 g/mol. The number of anilines is 1. The molecule has 1 fully saturated rings. The van der Waals surface area contributed by atoms with Crippen molar-refractivity contribution in [1.82, 2.24) is 20.4 Å². The summed E-state index contributed by atoms with van der Waals surface area (Å²) in [4.78, 5) is 26.1. The van der Waals surface area contributed by atoms with Gasteiger partial charge in [-0.15, -0.1) is 10.2 Å². The number of carbonyl (C=O) groups excluding carboxylic acids is 2. The summed E-state index contributed by atoms with van der Waals surface area (Å²) >= 11 is 7.07. The van der Waals surface area contributed by atoms with E-state index in [4.69, 9.17) is 16.3 Å². The van der Waals surface area contributed by atoms with Crippen LogP contribution in [0.15, 0.2) is 24.3 Å². The highest BCUT2D eigenvalue weighted by Crippen LogP contribution is 2.20. The molecule has 1 aromatic carbocycles. The van der Waals surface area contributed by atoms with Crippen LogP contribution in [0.3, 0.4) is 0 Å². The van der Waals surface area contributed by atoms with Crippen LogP contribution in [-0.2, 0) is 11.4 Å². The Hall–Kier alpha value is -2.39. The van der Waals surface area contributed by atoms with Gasteiger partial charge in [0.2, 0.25) is 11.0 Å². The van der Waals surface area contributed by atoms with Crippen LogP contribution >= 0.6 is 22.9 Å². The lowest BCUT2D eigenvalue weighted by atomic mass is 10.2. The summed E-state index contributed by atoms with van der Waals surface area (Å²) in [6, 6.07) is 6.61.